The number of nitrogens with zero attached hydrogens (tertiary/aromatic N) is 1. The predicted octanol–water partition coefficient (Wildman–Crippen LogP) is -0.508. The van der Waals surface area contributed by atoms with Crippen molar-refractivity contribution < 1.29 is 14.3 Å². The van der Waals surface area contributed by atoms with E-state index in [1.54, 1.807) is 0 Å². The molecule has 0 aliphatic carbocycles. The quantitative estimate of drug-likeness (QED) is 0.675. The lowest BCUT2D eigenvalue weighted by Crippen LogP contribution is -2.59. The summed E-state index contributed by atoms with van der Waals surface area (Å²) in [5.41, 5.74) is 0. The summed E-state index contributed by atoms with van der Waals surface area (Å²) in [7, 11) is 0. The molecule has 2 aliphatic rings. The molecule has 108 valence electrons. The smallest absolute Gasteiger partial charge is 0.324 e. The summed E-state index contributed by atoms with van der Waals surface area (Å²) >= 11 is 0. The summed E-state index contributed by atoms with van der Waals surface area (Å²) in [4.78, 5) is 25.8. The molecular weight excluding hydrogens is 246 g/mol. The van der Waals surface area contributed by atoms with Gasteiger partial charge in [-0.2, -0.15) is 0 Å². The van der Waals surface area contributed by atoms with E-state index >= 15 is 0 Å². The first-order valence-corrected chi connectivity index (χ1v) is 7.12. The van der Waals surface area contributed by atoms with Crippen LogP contribution in [0.15, 0.2) is 0 Å². The second kappa shape index (κ2) is 6.86. The highest BCUT2D eigenvalue weighted by atomic mass is 16.5. The van der Waals surface area contributed by atoms with Crippen molar-refractivity contribution in [2.45, 2.75) is 38.3 Å². The molecule has 2 atom stereocenters. The van der Waals surface area contributed by atoms with E-state index < -0.39 is 0 Å². The fraction of sp³-hybridized carbons (Fsp3) is 0.846. The SMILES string of the molecule is CCOC(=O)C1CNCCN1C1CCCNC(=O)C1. The average molecular weight is 269 g/mol. The summed E-state index contributed by atoms with van der Waals surface area (Å²) in [6.45, 7) is 5.21. The van der Waals surface area contributed by atoms with Gasteiger partial charge in [-0.3, -0.25) is 14.5 Å². The van der Waals surface area contributed by atoms with Crippen molar-refractivity contribution in [2.24, 2.45) is 0 Å². The molecule has 6 nitrogen and oxygen atoms in total. The molecule has 0 aromatic heterocycles. The fourth-order valence-corrected chi connectivity index (χ4v) is 2.85. The van der Waals surface area contributed by atoms with Crippen molar-refractivity contribution in [3.05, 3.63) is 0 Å². The summed E-state index contributed by atoms with van der Waals surface area (Å²) in [6, 6.07) is -0.108. The summed E-state index contributed by atoms with van der Waals surface area (Å²) < 4.78 is 5.14. The minimum atomic E-state index is -0.260. The van der Waals surface area contributed by atoms with Gasteiger partial charge in [0.25, 0.3) is 0 Å². The van der Waals surface area contributed by atoms with Gasteiger partial charge in [0.1, 0.15) is 6.04 Å². The standard InChI is InChI=1S/C13H23N3O3/c1-2-19-13(18)11-9-14-6-7-16(11)10-4-3-5-15-12(17)8-10/h10-11,14H,2-9H2,1H3,(H,15,17). The molecule has 2 unspecified atom stereocenters. The number of esters is 1. The Morgan fingerprint density at radius 1 is 1.47 bits per heavy atom. The maximum atomic E-state index is 12.0. The Labute approximate surface area is 113 Å². The van der Waals surface area contributed by atoms with E-state index in [1.165, 1.54) is 0 Å². The Morgan fingerprint density at radius 2 is 2.32 bits per heavy atom. The maximum Gasteiger partial charge on any atom is 0.324 e. The zero-order valence-corrected chi connectivity index (χ0v) is 11.5. The van der Waals surface area contributed by atoms with Crippen molar-refractivity contribution in [1.82, 2.24) is 15.5 Å². The van der Waals surface area contributed by atoms with Gasteiger partial charge >= 0.3 is 5.97 Å². The Hall–Kier alpha value is -1.14. The number of carbonyl (C=O) groups excluding carboxylic acids is 2. The van der Waals surface area contributed by atoms with Crippen LogP contribution in [0.2, 0.25) is 0 Å². The van der Waals surface area contributed by atoms with E-state index in [0.717, 1.165) is 32.5 Å². The second-order valence-corrected chi connectivity index (χ2v) is 5.06. The van der Waals surface area contributed by atoms with Gasteiger partial charge < -0.3 is 15.4 Å². The zero-order chi connectivity index (χ0) is 13.7. The first-order chi connectivity index (χ1) is 9.22. The van der Waals surface area contributed by atoms with Crippen LogP contribution in [-0.4, -0.2) is 61.6 Å². The second-order valence-electron chi connectivity index (χ2n) is 5.06. The molecule has 0 bridgehead atoms. The first kappa shape index (κ1) is 14.3. The van der Waals surface area contributed by atoms with E-state index in [9.17, 15) is 9.59 Å². The molecule has 1 amide bonds. The van der Waals surface area contributed by atoms with Crippen molar-refractivity contribution in [1.29, 1.82) is 0 Å². The van der Waals surface area contributed by atoms with E-state index in [4.69, 9.17) is 4.74 Å². The van der Waals surface area contributed by atoms with Gasteiger partial charge in [0.15, 0.2) is 0 Å². The highest BCUT2D eigenvalue weighted by Gasteiger charge is 2.35. The molecular formula is C13H23N3O3. The number of carbonyl (C=O) groups is 2. The number of nitrogens with one attached hydrogen (secondary N) is 2. The molecule has 0 saturated carbocycles. The highest BCUT2D eigenvalue weighted by molar-refractivity contribution is 5.78. The topological polar surface area (TPSA) is 70.7 Å². The van der Waals surface area contributed by atoms with E-state index in [-0.39, 0.29) is 24.0 Å². The summed E-state index contributed by atoms with van der Waals surface area (Å²) in [6.07, 6.45) is 2.40. The van der Waals surface area contributed by atoms with Crippen LogP contribution in [-0.2, 0) is 14.3 Å². The molecule has 2 N–H and O–H groups in total. The monoisotopic (exact) mass is 269 g/mol. The predicted molar refractivity (Wildman–Crippen MR) is 70.6 cm³/mol. The van der Waals surface area contributed by atoms with Crippen LogP contribution in [0.5, 0.6) is 0 Å². The Bertz CT molecular complexity index is 335. The van der Waals surface area contributed by atoms with Crippen LogP contribution >= 0.6 is 0 Å². The van der Waals surface area contributed by atoms with Crippen LogP contribution in [0.3, 0.4) is 0 Å². The maximum absolute atomic E-state index is 12.0. The van der Waals surface area contributed by atoms with Gasteiger partial charge in [0.05, 0.1) is 6.61 Å². The number of ether oxygens (including phenoxy) is 1. The number of hydrogen-bond acceptors (Lipinski definition) is 5. The first-order valence-electron chi connectivity index (χ1n) is 7.12. The van der Waals surface area contributed by atoms with E-state index in [2.05, 4.69) is 15.5 Å². The Balaban J connectivity index is 2.05. The van der Waals surface area contributed by atoms with Gasteiger partial charge in [0.2, 0.25) is 5.91 Å². The number of hydrogen-bond donors (Lipinski definition) is 2. The number of piperazine rings is 1. The lowest BCUT2D eigenvalue weighted by atomic mass is 10.0. The summed E-state index contributed by atoms with van der Waals surface area (Å²) in [5, 5.41) is 6.11. The molecule has 2 rings (SSSR count). The minimum absolute atomic E-state index is 0.0867. The third-order valence-electron chi connectivity index (χ3n) is 3.77. The van der Waals surface area contributed by atoms with Crippen molar-refractivity contribution >= 4 is 11.9 Å². The lowest BCUT2D eigenvalue weighted by Gasteiger charge is -2.39. The molecule has 0 aromatic carbocycles. The molecule has 2 heterocycles. The van der Waals surface area contributed by atoms with Gasteiger partial charge in [-0.15, -0.1) is 0 Å². The number of amides is 1. The third-order valence-corrected chi connectivity index (χ3v) is 3.77. The Kier molecular flexibility index (Phi) is 5.15. The third kappa shape index (κ3) is 3.67. The molecule has 19 heavy (non-hydrogen) atoms. The van der Waals surface area contributed by atoms with Gasteiger partial charge in [0, 0.05) is 38.6 Å². The number of rotatable bonds is 3. The van der Waals surface area contributed by atoms with E-state index in [0.29, 0.717) is 19.6 Å². The normalized spacial score (nSPS) is 29.4. The Morgan fingerprint density at radius 3 is 3.11 bits per heavy atom. The molecule has 6 heteroatoms. The molecule has 2 fully saturated rings. The van der Waals surface area contributed by atoms with Crippen LogP contribution in [0.4, 0.5) is 0 Å². The van der Waals surface area contributed by atoms with Crippen LogP contribution < -0.4 is 10.6 Å². The van der Waals surface area contributed by atoms with Crippen molar-refractivity contribution in [3.63, 3.8) is 0 Å². The molecule has 0 radical (unpaired) electrons. The molecule has 2 saturated heterocycles. The van der Waals surface area contributed by atoms with Crippen LogP contribution in [0, 0.1) is 0 Å². The van der Waals surface area contributed by atoms with Gasteiger partial charge in [-0.05, 0) is 19.8 Å². The average Bonchev–Trinajstić information content (AvgIpc) is 2.64. The van der Waals surface area contributed by atoms with Crippen LogP contribution in [0.25, 0.3) is 0 Å². The fourth-order valence-electron chi connectivity index (χ4n) is 2.85. The molecule has 0 aromatic rings. The van der Waals surface area contributed by atoms with Crippen LogP contribution in [0.1, 0.15) is 26.2 Å². The zero-order valence-electron chi connectivity index (χ0n) is 11.5. The molecule has 0 spiro atoms. The van der Waals surface area contributed by atoms with Crippen molar-refractivity contribution in [2.75, 3.05) is 32.8 Å². The van der Waals surface area contributed by atoms with E-state index in [1.807, 2.05) is 6.92 Å². The molecule has 2 aliphatic heterocycles. The van der Waals surface area contributed by atoms with Crippen molar-refractivity contribution in [3.8, 4) is 0 Å². The minimum Gasteiger partial charge on any atom is -0.465 e. The largest absolute Gasteiger partial charge is 0.465 e. The van der Waals surface area contributed by atoms with Gasteiger partial charge in [-0.1, -0.05) is 0 Å². The lowest BCUT2D eigenvalue weighted by molar-refractivity contribution is -0.152. The highest BCUT2D eigenvalue weighted by Crippen LogP contribution is 2.19. The summed E-state index contributed by atoms with van der Waals surface area (Å²) in [5.74, 6) is -0.0944. The van der Waals surface area contributed by atoms with Gasteiger partial charge in [-0.25, -0.2) is 0 Å².